The first-order valence-corrected chi connectivity index (χ1v) is 7.78. The Morgan fingerprint density at radius 3 is 2.59 bits per heavy atom. The van der Waals surface area contributed by atoms with Crippen LogP contribution in [0.2, 0.25) is 0 Å². The van der Waals surface area contributed by atoms with Crippen LogP contribution < -0.4 is 10.1 Å². The van der Waals surface area contributed by atoms with Gasteiger partial charge in [0.15, 0.2) is 0 Å². The summed E-state index contributed by atoms with van der Waals surface area (Å²) in [5, 5.41) is 3.66. The van der Waals surface area contributed by atoms with Gasteiger partial charge in [0.05, 0.1) is 14.2 Å². The fraction of sp³-hybridized carbons (Fsp3) is 0.588. The van der Waals surface area contributed by atoms with Crippen molar-refractivity contribution < 1.29 is 14.3 Å². The zero-order valence-electron chi connectivity index (χ0n) is 13.9. The molecule has 5 nitrogen and oxygen atoms in total. The van der Waals surface area contributed by atoms with Gasteiger partial charge in [0.25, 0.3) is 0 Å². The molecule has 0 spiro atoms. The van der Waals surface area contributed by atoms with Crippen LogP contribution in [0.15, 0.2) is 18.2 Å². The summed E-state index contributed by atoms with van der Waals surface area (Å²) < 4.78 is 10.2. The first-order valence-electron chi connectivity index (χ1n) is 7.78. The van der Waals surface area contributed by atoms with Gasteiger partial charge in [0.1, 0.15) is 5.75 Å². The molecule has 0 unspecified atom stereocenters. The van der Waals surface area contributed by atoms with Crippen LogP contribution in [0.3, 0.4) is 0 Å². The highest BCUT2D eigenvalue weighted by Gasteiger charge is 2.24. The lowest BCUT2D eigenvalue weighted by molar-refractivity contribution is 0.109. The zero-order valence-corrected chi connectivity index (χ0v) is 13.9. The summed E-state index contributed by atoms with van der Waals surface area (Å²) in [5.74, 6) is 0.914. The molecule has 1 aromatic rings. The van der Waals surface area contributed by atoms with Crippen molar-refractivity contribution in [2.24, 2.45) is 0 Å². The predicted octanol–water partition coefficient (Wildman–Crippen LogP) is 2.89. The number of benzene rings is 1. The molecule has 22 heavy (non-hydrogen) atoms. The number of amides is 1. The Kier molecular flexibility index (Phi) is 5.66. The molecule has 122 valence electrons. The Bertz CT molecular complexity index is 511. The molecular formula is C17H26N2O3. The smallest absolute Gasteiger partial charge is 0.409 e. The van der Waals surface area contributed by atoms with Gasteiger partial charge < -0.3 is 19.7 Å². The van der Waals surface area contributed by atoms with Crippen molar-refractivity contribution in [3.8, 4) is 5.75 Å². The monoisotopic (exact) mass is 306 g/mol. The van der Waals surface area contributed by atoms with Crippen molar-refractivity contribution in [2.75, 3.05) is 27.3 Å². The molecule has 2 rings (SSSR count). The van der Waals surface area contributed by atoms with Gasteiger partial charge in [-0.2, -0.15) is 0 Å². The summed E-state index contributed by atoms with van der Waals surface area (Å²) >= 11 is 0. The Balaban J connectivity index is 1.95. The minimum atomic E-state index is -0.230. The summed E-state index contributed by atoms with van der Waals surface area (Å²) in [7, 11) is 3.13. The number of hydrogen-bond acceptors (Lipinski definition) is 4. The highest BCUT2D eigenvalue weighted by atomic mass is 16.5. The van der Waals surface area contributed by atoms with Gasteiger partial charge >= 0.3 is 6.09 Å². The highest BCUT2D eigenvalue weighted by molar-refractivity contribution is 5.67. The first-order chi connectivity index (χ1) is 10.5. The molecule has 0 aromatic heterocycles. The Hall–Kier alpha value is -1.75. The molecule has 1 fully saturated rings. The Morgan fingerprint density at radius 2 is 2.00 bits per heavy atom. The average molecular weight is 306 g/mol. The van der Waals surface area contributed by atoms with Crippen LogP contribution >= 0.6 is 0 Å². The molecule has 1 saturated heterocycles. The van der Waals surface area contributed by atoms with E-state index in [-0.39, 0.29) is 12.1 Å². The number of rotatable bonds is 4. The fourth-order valence-electron chi connectivity index (χ4n) is 2.99. The van der Waals surface area contributed by atoms with Gasteiger partial charge in [-0.1, -0.05) is 17.7 Å². The Labute approximate surface area is 132 Å². The summed E-state index contributed by atoms with van der Waals surface area (Å²) in [6.07, 6.45) is 1.65. The molecule has 5 heteroatoms. The molecule has 1 N–H and O–H groups in total. The summed E-state index contributed by atoms with van der Waals surface area (Å²) in [5.41, 5.74) is 2.41. The largest absolute Gasteiger partial charge is 0.496 e. The number of ether oxygens (including phenoxy) is 2. The molecular weight excluding hydrogens is 280 g/mol. The van der Waals surface area contributed by atoms with Crippen LogP contribution in [-0.4, -0.2) is 44.3 Å². The van der Waals surface area contributed by atoms with E-state index < -0.39 is 0 Å². The van der Waals surface area contributed by atoms with E-state index in [9.17, 15) is 4.79 Å². The third-order valence-electron chi connectivity index (χ3n) is 4.27. The van der Waals surface area contributed by atoms with Crippen LogP contribution in [-0.2, 0) is 4.74 Å². The number of carbonyl (C=O) groups is 1. The average Bonchev–Trinajstić information content (AvgIpc) is 2.54. The Morgan fingerprint density at radius 1 is 1.32 bits per heavy atom. The third kappa shape index (κ3) is 3.91. The third-order valence-corrected chi connectivity index (χ3v) is 4.27. The zero-order chi connectivity index (χ0) is 16.1. The van der Waals surface area contributed by atoms with Gasteiger partial charge in [0.2, 0.25) is 0 Å². The molecule has 0 radical (unpaired) electrons. The minimum Gasteiger partial charge on any atom is -0.496 e. The van der Waals surface area contributed by atoms with Gasteiger partial charge in [0, 0.05) is 30.7 Å². The lowest BCUT2D eigenvalue weighted by atomic mass is 10.00. The van der Waals surface area contributed by atoms with Crippen LogP contribution in [0, 0.1) is 6.92 Å². The number of aryl methyl sites for hydroxylation is 1. The number of methoxy groups -OCH3 is 2. The summed E-state index contributed by atoms with van der Waals surface area (Å²) in [6.45, 7) is 5.72. The van der Waals surface area contributed by atoms with Crippen LogP contribution in [0.4, 0.5) is 4.79 Å². The van der Waals surface area contributed by atoms with Gasteiger partial charge in [-0.15, -0.1) is 0 Å². The summed E-state index contributed by atoms with van der Waals surface area (Å²) in [6, 6.07) is 6.86. The summed E-state index contributed by atoms with van der Waals surface area (Å²) in [4.78, 5) is 13.3. The van der Waals surface area contributed by atoms with Crippen molar-refractivity contribution in [3.05, 3.63) is 29.3 Å². The quantitative estimate of drug-likeness (QED) is 0.929. The van der Waals surface area contributed by atoms with Gasteiger partial charge in [-0.3, -0.25) is 0 Å². The SMILES string of the molecule is COC(=O)N1CCC(N[C@H](C)c2cc(C)ccc2OC)CC1. The number of likely N-dealkylation sites (tertiary alicyclic amines) is 1. The number of piperidine rings is 1. The van der Waals surface area contributed by atoms with Crippen molar-refractivity contribution in [1.82, 2.24) is 10.2 Å². The molecule has 1 aromatic carbocycles. The standard InChI is InChI=1S/C17H26N2O3/c1-12-5-6-16(21-3)15(11-12)13(2)18-14-7-9-19(10-8-14)17(20)22-4/h5-6,11,13-14,18H,7-10H2,1-4H3/t13-/m1/s1. The molecule has 1 amide bonds. The molecule has 0 bridgehead atoms. The maximum Gasteiger partial charge on any atom is 0.409 e. The van der Waals surface area contributed by atoms with Gasteiger partial charge in [-0.05, 0) is 32.8 Å². The number of hydrogen-bond donors (Lipinski definition) is 1. The van der Waals surface area contributed by atoms with Crippen LogP contribution in [0.5, 0.6) is 5.75 Å². The van der Waals surface area contributed by atoms with E-state index in [1.807, 2.05) is 6.07 Å². The normalized spacial score (nSPS) is 17.2. The minimum absolute atomic E-state index is 0.213. The topological polar surface area (TPSA) is 50.8 Å². The predicted molar refractivity (Wildman–Crippen MR) is 86.3 cm³/mol. The molecule has 0 aliphatic carbocycles. The lowest BCUT2D eigenvalue weighted by Crippen LogP contribution is -2.45. The maximum atomic E-state index is 11.5. The van der Waals surface area contributed by atoms with Crippen LogP contribution in [0.25, 0.3) is 0 Å². The second-order valence-electron chi connectivity index (χ2n) is 5.87. The number of carbonyl (C=O) groups excluding carboxylic acids is 1. The molecule has 1 aliphatic heterocycles. The molecule has 1 aliphatic rings. The fourth-order valence-corrected chi connectivity index (χ4v) is 2.99. The van der Waals surface area contributed by atoms with Crippen LogP contribution in [0.1, 0.15) is 36.9 Å². The van der Waals surface area contributed by atoms with Crippen molar-refractivity contribution in [2.45, 2.75) is 38.8 Å². The maximum absolute atomic E-state index is 11.5. The van der Waals surface area contributed by atoms with Crippen molar-refractivity contribution >= 4 is 6.09 Å². The van der Waals surface area contributed by atoms with E-state index in [1.54, 1.807) is 12.0 Å². The second kappa shape index (κ2) is 7.49. The molecule has 1 heterocycles. The molecule has 1 atom stereocenters. The number of nitrogens with zero attached hydrogens (tertiary/aromatic N) is 1. The van der Waals surface area contributed by atoms with Gasteiger partial charge in [-0.25, -0.2) is 4.79 Å². The van der Waals surface area contributed by atoms with Crippen molar-refractivity contribution in [1.29, 1.82) is 0 Å². The van der Waals surface area contributed by atoms with E-state index in [0.29, 0.717) is 6.04 Å². The lowest BCUT2D eigenvalue weighted by Gasteiger charge is -2.33. The second-order valence-corrected chi connectivity index (χ2v) is 5.87. The van der Waals surface area contributed by atoms with Crippen molar-refractivity contribution in [3.63, 3.8) is 0 Å². The number of nitrogens with one attached hydrogen (secondary N) is 1. The molecule has 0 saturated carbocycles. The van der Waals surface area contributed by atoms with E-state index in [1.165, 1.54) is 18.2 Å². The first kappa shape index (κ1) is 16.6. The van der Waals surface area contributed by atoms with E-state index >= 15 is 0 Å². The van der Waals surface area contributed by atoms with E-state index in [4.69, 9.17) is 9.47 Å². The highest BCUT2D eigenvalue weighted by Crippen LogP contribution is 2.27. The van der Waals surface area contributed by atoms with E-state index in [2.05, 4.69) is 31.3 Å². The van der Waals surface area contributed by atoms with E-state index in [0.717, 1.165) is 31.7 Å².